The van der Waals surface area contributed by atoms with Crippen LogP contribution in [0.5, 0.6) is 5.75 Å². The lowest BCUT2D eigenvalue weighted by atomic mass is 10.2. The van der Waals surface area contributed by atoms with Crippen molar-refractivity contribution in [1.82, 2.24) is 4.31 Å². The van der Waals surface area contributed by atoms with Crippen LogP contribution in [-0.2, 0) is 14.8 Å². The third-order valence-electron chi connectivity index (χ3n) is 4.91. The minimum atomic E-state index is -3.64. The fourth-order valence-corrected chi connectivity index (χ4v) is 5.56. The lowest BCUT2D eigenvalue weighted by Crippen LogP contribution is -2.35. The third-order valence-corrected chi connectivity index (χ3v) is 6.89. The number of sulfonamides is 1. The molecule has 24 heavy (non-hydrogen) atoms. The van der Waals surface area contributed by atoms with Crippen LogP contribution in [0.1, 0.15) is 39.0 Å². The van der Waals surface area contributed by atoms with Gasteiger partial charge in [-0.1, -0.05) is 6.92 Å². The highest BCUT2D eigenvalue weighted by Gasteiger charge is 2.36. The molecule has 1 atom stereocenters. The Hall–Kier alpha value is -1.60. The van der Waals surface area contributed by atoms with E-state index in [4.69, 9.17) is 4.74 Å². The largest absolute Gasteiger partial charge is 0.495 e. The van der Waals surface area contributed by atoms with Gasteiger partial charge in [0, 0.05) is 31.2 Å². The second kappa shape index (κ2) is 6.72. The molecule has 1 unspecified atom stereocenters. The number of hydrogen-bond acceptors (Lipinski definition) is 4. The highest BCUT2D eigenvalue weighted by atomic mass is 32.2. The summed E-state index contributed by atoms with van der Waals surface area (Å²) in [5.41, 5.74) is 0.629. The quantitative estimate of drug-likeness (QED) is 0.816. The second-order valence-corrected chi connectivity index (χ2v) is 8.16. The summed E-state index contributed by atoms with van der Waals surface area (Å²) in [5.74, 6) is 0.364. The number of benzene rings is 1. The number of carbonyl (C=O) groups excluding carboxylic acids is 1. The van der Waals surface area contributed by atoms with E-state index in [2.05, 4.69) is 0 Å². The number of hydrogen-bond donors (Lipinski definition) is 0. The molecule has 2 aliphatic heterocycles. The van der Waals surface area contributed by atoms with Gasteiger partial charge in [0.05, 0.1) is 7.11 Å². The van der Waals surface area contributed by atoms with Crippen molar-refractivity contribution in [2.45, 2.75) is 50.0 Å². The predicted octanol–water partition coefficient (Wildman–Crippen LogP) is 2.39. The van der Waals surface area contributed by atoms with Gasteiger partial charge in [0.25, 0.3) is 0 Å². The Morgan fingerprint density at radius 3 is 2.67 bits per heavy atom. The van der Waals surface area contributed by atoms with Crippen LogP contribution < -0.4 is 9.64 Å². The van der Waals surface area contributed by atoms with Crippen LogP contribution in [0.2, 0.25) is 0 Å². The molecule has 7 heteroatoms. The highest BCUT2D eigenvalue weighted by molar-refractivity contribution is 7.89. The number of amides is 1. The minimum Gasteiger partial charge on any atom is -0.495 e. The Balaban J connectivity index is 2.03. The molecule has 6 nitrogen and oxygen atoms in total. The fourth-order valence-electron chi connectivity index (χ4n) is 3.62. The number of nitrogens with zero attached hydrogens (tertiary/aromatic N) is 2. The Bertz CT molecular complexity index is 732. The monoisotopic (exact) mass is 352 g/mol. The van der Waals surface area contributed by atoms with E-state index < -0.39 is 10.0 Å². The molecule has 2 fully saturated rings. The lowest BCUT2D eigenvalue weighted by Gasteiger charge is -2.25. The first-order valence-electron chi connectivity index (χ1n) is 8.49. The zero-order chi connectivity index (χ0) is 17.3. The van der Waals surface area contributed by atoms with E-state index in [1.807, 2.05) is 6.92 Å². The molecule has 2 aliphatic rings. The summed E-state index contributed by atoms with van der Waals surface area (Å²) >= 11 is 0. The Morgan fingerprint density at radius 2 is 2.04 bits per heavy atom. The van der Waals surface area contributed by atoms with Gasteiger partial charge in [0.2, 0.25) is 15.9 Å². The van der Waals surface area contributed by atoms with Gasteiger partial charge in [-0.2, -0.15) is 4.31 Å². The van der Waals surface area contributed by atoms with Crippen molar-refractivity contribution < 1.29 is 17.9 Å². The SMILES string of the molecule is CCC1CCCN1S(=O)(=O)c1cc(N2CCCC2=O)ccc1OC. The first kappa shape index (κ1) is 17.2. The van der Waals surface area contributed by atoms with E-state index >= 15 is 0 Å². The average Bonchev–Trinajstić information content (AvgIpc) is 3.23. The first-order valence-corrected chi connectivity index (χ1v) is 9.93. The van der Waals surface area contributed by atoms with Gasteiger partial charge in [-0.05, 0) is 43.9 Å². The molecule has 0 N–H and O–H groups in total. The zero-order valence-electron chi connectivity index (χ0n) is 14.2. The molecule has 0 aliphatic carbocycles. The van der Waals surface area contributed by atoms with Gasteiger partial charge in [0.1, 0.15) is 10.6 Å². The molecule has 0 radical (unpaired) electrons. The van der Waals surface area contributed by atoms with Gasteiger partial charge >= 0.3 is 0 Å². The van der Waals surface area contributed by atoms with Gasteiger partial charge in [-0.15, -0.1) is 0 Å². The zero-order valence-corrected chi connectivity index (χ0v) is 15.0. The summed E-state index contributed by atoms with van der Waals surface area (Å²) in [6.07, 6.45) is 3.88. The van der Waals surface area contributed by atoms with E-state index in [1.165, 1.54) is 7.11 Å². The van der Waals surface area contributed by atoms with E-state index in [0.717, 1.165) is 25.7 Å². The molecule has 1 aromatic carbocycles. The maximum absolute atomic E-state index is 13.2. The summed E-state index contributed by atoms with van der Waals surface area (Å²) in [7, 11) is -2.17. The molecule has 0 saturated carbocycles. The lowest BCUT2D eigenvalue weighted by molar-refractivity contribution is -0.117. The van der Waals surface area contributed by atoms with Crippen molar-refractivity contribution in [3.8, 4) is 5.75 Å². The van der Waals surface area contributed by atoms with Crippen LogP contribution in [0.3, 0.4) is 0 Å². The summed E-state index contributed by atoms with van der Waals surface area (Å²) in [4.78, 5) is 13.8. The first-order chi connectivity index (χ1) is 11.5. The average molecular weight is 352 g/mol. The highest BCUT2D eigenvalue weighted by Crippen LogP contribution is 2.35. The van der Waals surface area contributed by atoms with E-state index in [0.29, 0.717) is 30.9 Å². The maximum atomic E-state index is 13.2. The van der Waals surface area contributed by atoms with E-state index in [-0.39, 0.29) is 16.8 Å². The van der Waals surface area contributed by atoms with Crippen molar-refractivity contribution in [2.24, 2.45) is 0 Å². The summed E-state index contributed by atoms with van der Waals surface area (Å²) < 4.78 is 33.2. The maximum Gasteiger partial charge on any atom is 0.247 e. The molecule has 1 aromatic rings. The molecule has 2 heterocycles. The van der Waals surface area contributed by atoms with E-state index in [9.17, 15) is 13.2 Å². The molecule has 2 saturated heterocycles. The van der Waals surface area contributed by atoms with Crippen molar-refractivity contribution in [1.29, 1.82) is 0 Å². The molecule has 1 amide bonds. The number of carbonyl (C=O) groups is 1. The Labute approximate surface area is 143 Å². The van der Waals surface area contributed by atoms with Crippen molar-refractivity contribution in [3.63, 3.8) is 0 Å². The molecule has 0 spiro atoms. The van der Waals surface area contributed by atoms with Crippen LogP contribution in [-0.4, -0.2) is 44.9 Å². The van der Waals surface area contributed by atoms with Gasteiger partial charge in [-0.25, -0.2) is 8.42 Å². The van der Waals surface area contributed by atoms with Crippen LogP contribution in [0.4, 0.5) is 5.69 Å². The van der Waals surface area contributed by atoms with Crippen molar-refractivity contribution >= 4 is 21.6 Å². The van der Waals surface area contributed by atoms with Gasteiger partial charge in [-0.3, -0.25) is 4.79 Å². The van der Waals surface area contributed by atoms with Crippen LogP contribution >= 0.6 is 0 Å². The minimum absolute atomic E-state index is 0.0381. The Morgan fingerprint density at radius 1 is 1.25 bits per heavy atom. The molecule has 0 aromatic heterocycles. The van der Waals surface area contributed by atoms with Crippen LogP contribution in [0, 0.1) is 0 Å². The van der Waals surface area contributed by atoms with Crippen LogP contribution in [0.25, 0.3) is 0 Å². The predicted molar refractivity (Wildman–Crippen MR) is 91.8 cm³/mol. The molecule has 0 bridgehead atoms. The second-order valence-electron chi connectivity index (χ2n) is 6.30. The normalized spacial score (nSPS) is 22.3. The standard InChI is InChI=1S/C17H24N2O4S/c1-3-13-6-4-11-19(13)24(21,22)16-12-14(8-9-15(16)23-2)18-10-5-7-17(18)20/h8-9,12-13H,3-7,10-11H2,1-2H3. The fraction of sp³-hybridized carbons (Fsp3) is 0.588. The van der Waals surface area contributed by atoms with Crippen LogP contribution in [0.15, 0.2) is 23.1 Å². The molecular formula is C17H24N2O4S. The van der Waals surface area contributed by atoms with Crippen molar-refractivity contribution in [2.75, 3.05) is 25.1 Å². The Kier molecular flexibility index (Phi) is 4.83. The summed E-state index contributed by atoms with van der Waals surface area (Å²) in [5, 5.41) is 0. The third kappa shape index (κ3) is 2.91. The molecule has 3 rings (SSSR count). The molecular weight excluding hydrogens is 328 g/mol. The number of rotatable bonds is 5. The number of methoxy groups -OCH3 is 1. The van der Waals surface area contributed by atoms with Gasteiger partial charge in [0.15, 0.2) is 0 Å². The smallest absolute Gasteiger partial charge is 0.247 e. The van der Waals surface area contributed by atoms with E-state index in [1.54, 1.807) is 27.4 Å². The molecule has 132 valence electrons. The summed E-state index contributed by atoms with van der Waals surface area (Å²) in [6, 6.07) is 5.02. The number of anilines is 1. The van der Waals surface area contributed by atoms with Gasteiger partial charge < -0.3 is 9.64 Å². The number of ether oxygens (including phenoxy) is 1. The summed E-state index contributed by atoms with van der Waals surface area (Å²) in [6.45, 7) is 3.18. The topological polar surface area (TPSA) is 66.9 Å². The van der Waals surface area contributed by atoms with Crippen molar-refractivity contribution in [3.05, 3.63) is 18.2 Å².